The minimum Gasteiger partial charge on any atom is -0.480 e. The summed E-state index contributed by atoms with van der Waals surface area (Å²) in [6.45, 7) is 4.69. The summed E-state index contributed by atoms with van der Waals surface area (Å²) in [4.78, 5) is 25.6. The van der Waals surface area contributed by atoms with Crippen molar-refractivity contribution in [1.82, 2.24) is 9.80 Å². The van der Waals surface area contributed by atoms with E-state index in [0.717, 1.165) is 19.4 Å². The second-order valence-corrected chi connectivity index (χ2v) is 4.68. The number of carboxylic acids is 1. The van der Waals surface area contributed by atoms with Gasteiger partial charge in [0.2, 0.25) is 0 Å². The van der Waals surface area contributed by atoms with Crippen LogP contribution in [-0.4, -0.2) is 53.1 Å². The quantitative estimate of drug-likeness (QED) is 0.790. The van der Waals surface area contributed by atoms with Crippen molar-refractivity contribution in [3.05, 3.63) is 0 Å². The van der Waals surface area contributed by atoms with Gasteiger partial charge in [-0.3, -0.25) is 4.79 Å². The molecule has 1 heterocycles. The van der Waals surface area contributed by atoms with Crippen LogP contribution in [0.1, 0.15) is 26.7 Å². The molecule has 0 saturated carbocycles. The number of nitrogens with zero attached hydrogens (tertiary/aromatic N) is 2. The molecule has 1 atom stereocenters. The molecule has 1 saturated heterocycles. The summed E-state index contributed by atoms with van der Waals surface area (Å²) in [5.74, 6) is -0.555. The van der Waals surface area contributed by atoms with Crippen LogP contribution in [0.5, 0.6) is 0 Å². The fourth-order valence-corrected chi connectivity index (χ4v) is 2.21. The minimum absolute atomic E-state index is 0.168. The van der Waals surface area contributed by atoms with E-state index in [2.05, 4.69) is 13.8 Å². The predicted molar refractivity (Wildman–Crippen MR) is 60.2 cm³/mol. The summed E-state index contributed by atoms with van der Waals surface area (Å²) in [5, 5.41) is 8.64. The van der Waals surface area contributed by atoms with Crippen molar-refractivity contribution in [2.45, 2.75) is 32.7 Å². The van der Waals surface area contributed by atoms with Gasteiger partial charge in [0.25, 0.3) is 0 Å². The molecule has 0 aromatic carbocycles. The Labute approximate surface area is 96.0 Å². The number of likely N-dealkylation sites (tertiary alicyclic amines) is 1. The fraction of sp³-hybridized carbons (Fsp3) is 0.818. The topological polar surface area (TPSA) is 60.9 Å². The van der Waals surface area contributed by atoms with Crippen LogP contribution in [0.4, 0.5) is 4.79 Å². The maximum absolute atomic E-state index is 12.0. The molecule has 1 aliphatic rings. The Balaban J connectivity index is 2.62. The molecule has 0 radical (unpaired) electrons. The van der Waals surface area contributed by atoms with Crippen molar-refractivity contribution < 1.29 is 14.7 Å². The van der Waals surface area contributed by atoms with E-state index in [1.54, 1.807) is 4.90 Å². The van der Waals surface area contributed by atoms with Crippen LogP contribution in [0.2, 0.25) is 0 Å². The fourth-order valence-electron chi connectivity index (χ4n) is 2.21. The lowest BCUT2D eigenvalue weighted by Crippen LogP contribution is -2.46. The largest absolute Gasteiger partial charge is 0.480 e. The zero-order chi connectivity index (χ0) is 12.3. The number of urea groups is 1. The predicted octanol–water partition coefficient (Wildman–Crippen LogP) is 1.24. The third-order valence-electron chi connectivity index (χ3n) is 3.01. The van der Waals surface area contributed by atoms with Gasteiger partial charge in [-0.05, 0) is 18.8 Å². The van der Waals surface area contributed by atoms with Crippen molar-refractivity contribution in [2.75, 3.05) is 20.1 Å². The minimum atomic E-state index is -0.976. The number of aliphatic carboxylic acids is 1. The highest BCUT2D eigenvalue weighted by atomic mass is 16.4. The van der Waals surface area contributed by atoms with Gasteiger partial charge in [0.1, 0.15) is 6.54 Å². The maximum atomic E-state index is 12.0. The number of rotatable bonds is 3. The molecule has 0 bridgehead atoms. The first kappa shape index (κ1) is 12.8. The summed E-state index contributed by atoms with van der Waals surface area (Å²) in [6.07, 6.45) is 2.03. The molecule has 2 amide bonds. The van der Waals surface area contributed by atoms with Crippen molar-refractivity contribution in [3.8, 4) is 0 Å². The number of carboxylic acid groups (broad SMARTS) is 1. The maximum Gasteiger partial charge on any atom is 0.323 e. The molecule has 1 fully saturated rings. The van der Waals surface area contributed by atoms with Gasteiger partial charge < -0.3 is 14.9 Å². The first-order chi connectivity index (χ1) is 7.43. The van der Waals surface area contributed by atoms with Crippen LogP contribution in [0.15, 0.2) is 0 Å². The number of hydrogen-bond donors (Lipinski definition) is 1. The number of hydrogen-bond acceptors (Lipinski definition) is 2. The van der Waals surface area contributed by atoms with Crippen molar-refractivity contribution in [1.29, 1.82) is 0 Å². The van der Waals surface area contributed by atoms with Gasteiger partial charge in [0.05, 0.1) is 0 Å². The van der Waals surface area contributed by atoms with E-state index < -0.39 is 5.97 Å². The first-order valence-electron chi connectivity index (χ1n) is 5.67. The molecule has 0 spiro atoms. The summed E-state index contributed by atoms with van der Waals surface area (Å²) < 4.78 is 0. The van der Waals surface area contributed by atoms with Gasteiger partial charge >= 0.3 is 12.0 Å². The molecule has 1 rings (SSSR count). The van der Waals surface area contributed by atoms with Gasteiger partial charge in [-0.15, -0.1) is 0 Å². The molecule has 5 heteroatoms. The number of carbonyl (C=O) groups excluding carboxylic acids is 1. The molecule has 1 N–H and O–H groups in total. The normalized spacial score (nSPS) is 20.2. The van der Waals surface area contributed by atoms with E-state index in [1.165, 1.54) is 11.9 Å². The molecular weight excluding hydrogens is 208 g/mol. The van der Waals surface area contributed by atoms with Crippen LogP contribution in [0.25, 0.3) is 0 Å². The Kier molecular flexibility index (Phi) is 4.15. The lowest BCUT2D eigenvalue weighted by atomic mass is 10.0. The highest BCUT2D eigenvalue weighted by Crippen LogP contribution is 2.24. The lowest BCUT2D eigenvalue weighted by Gasteiger charge is -2.31. The third kappa shape index (κ3) is 2.87. The number of likely N-dealkylation sites (N-methyl/N-ethyl adjacent to an activating group) is 1. The van der Waals surface area contributed by atoms with E-state index in [0.29, 0.717) is 5.92 Å². The Morgan fingerprint density at radius 2 is 2.12 bits per heavy atom. The Morgan fingerprint density at radius 3 is 2.62 bits per heavy atom. The average molecular weight is 228 g/mol. The van der Waals surface area contributed by atoms with Gasteiger partial charge in [0.15, 0.2) is 0 Å². The van der Waals surface area contributed by atoms with Crippen LogP contribution < -0.4 is 0 Å². The molecular formula is C11H20N2O3. The average Bonchev–Trinajstić information content (AvgIpc) is 2.63. The Hall–Kier alpha value is -1.26. The molecule has 1 unspecified atom stereocenters. The smallest absolute Gasteiger partial charge is 0.323 e. The molecule has 0 aromatic rings. The Bertz CT molecular complexity index is 278. The summed E-state index contributed by atoms with van der Waals surface area (Å²) in [5.41, 5.74) is 0. The molecule has 0 aromatic heterocycles. The van der Waals surface area contributed by atoms with E-state index in [-0.39, 0.29) is 18.6 Å². The molecule has 5 nitrogen and oxygen atoms in total. The molecule has 16 heavy (non-hydrogen) atoms. The van der Waals surface area contributed by atoms with E-state index >= 15 is 0 Å². The van der Waals surface area contributed by atoms with Crippen LogP contribution in [-0.2, 0) is 4.79 Å². The van der Waals surface area contributed by atoms with Crippen LogP contribution >= 0.6 is 0 Å². The van der Waals surface area contributed by atoms with Gasteiger partial charge in [0, 0.05) is 19.6 Å². The lowest BCUT2D eigenvalue weighted by molar-refractivity contribution is -0.137. The number of carbonyl (C=O) groups is 2. The highest BCUT2D eigenvalue weighted by Gasteiger charge is 2.32. The Morgan fingerprint density at radius 1 is 1.50 bits per heavy atom. The second kappa shape index (κ2) is 5.18. The SMILES string of the molecule is CC(C)C1CCCN1C(=O)N(C)CC(=O)O. The van der Waals surface area contributed by atoms with Crippen LogP contribution in [0.3, 0.4) is 0 Å². The summed E-state index contributed by atoms with van der Waals surface area (Å²) >= 11 is 0. The zero-order valence-corrected chi connectivity index (χ0v) is 10.1. The molecule has 0 aliphatic carbocycles. The van der Waals surface area contributed by atoms with E-state index in [4.69, 9.17) is 5.11 Å². The van der Waals surface area contributed by atoms with Gasteiger partial charge in [-0.1, -0.05) is 13.8 Å². The van der Waals surface area contributed by atoms with Crippen molar-refractivity contribution >= 4 is 12.0 Å². The molecule has 1 aliphatic heterocycles. The van der Waals surface area contributed by atoms with Crippen molar-refractivity contribution in [3.63, 3.8) is 0 Å². The molecule has 92 valence electrons. The van der Waals surface area contributed by atoms with Gasteiger partial charge in [-0.25, -0.2) is 4.79 Å². The van der Waals surface area contributed by atoms with E-state index in [1.807, 2.05) is 0 Å². The third-order valence-corrected chi connectivity index (χ3v) is 3.01. The summed E-state index contributed by atoms with van der Waals surface area (Å²) in [6, 6.07) is 0.0855. The van der Waals surface area contributed by atoms with Crippen molar-refractivity contribution in [2.24, 2.45) is 5.92 Å². The standard InChI is InChI=1S/C11H20N2O3/c1-8(2)9-5-4-6-13(9)11(16)12(3)7-10(14)15/h8-9H,4-7H2,1-3H3,(H,14,15). The van der Waals surface area contributed by atoms with Crippen LogP contribution in [0, 0.1) is 5.92 Å². The van der Waals surface area contributed by atoms with E-state index in [9.17, 15) is 9.59 Å². The zero-order valence-electron chi connectivity index (χ0n) is 10.1. The highest BCUT2D eigenvalue weighted by molar-refractivity contribution is 5.80. The monoisotopic (exact) mass is 228 g/mol. The summed E-state index contributed by atoms with van der Waals surface area (Å²) in [7, 11) is 1.53. The first-order valence-corrected chi connectivity index (χ1v) is 5.67. The van der Waals surface area contributed by atoms with Gasteiger partial charge in [-0.2, -0.15) is 0 Å². The number of amides is 2. The second-order valence-electron chi connectivity index (χ2n) is 4.68.